The van der Waals surface area contributed by atoms with Crippen LogP contribution in [0.1, 0.15) is 33.3 Å². The normalized spacial score (nSPS) is 11.2. The second kappa shape index (κ2) is 6.81. The van der Waals surface area contributed by atoms with Gasteiger partial charge in [-0.1, -0.05) is 0 Å². The summed E-state index contributed by atoms with van der Waals surface area (Å²) in [5.74, 6) is -0.379. The molecule has 24 heavy (non-hydrogen) atoms. The van der Waals surface area contributed by atoms with Gasteiger partial charge in [0, 0.05) is 11.4 Å². The molecule has 0 spiro atoms. The maximum Gasteiger partial charge on any atom is 0.433 e. The Morgan fingerprint density at radius 2 is 1.92 bits per heavy atom. The molecule has 6 nitrogen and oxygen atoms in total. The van der Waals surface area contributed by atoms with Crippen LogP contribution in [0.3, 0.4) is 0 Å². The Labute approximate surface area is 136 Å². The summed E-state index contributed by atoms with van der Waals surface area (Å²) in [4.78, 5) is 23.6. The minimum atomic E-state index is -4.57. The van der Waals surface area contributed by atoms with Crippen LogP contribution in [-0.4, -0.2) is 28.0 Å². The number of nitrogens with one attached hydrogen (secondary N) is 1. The maximum absolute atomic E-state index is 12.8. The number of rotatable bonds is 4. The summed E-state index contributed by atoms with van der Waals surface area (Å²) in [6.45, 7) is 2.89. The third kappa shape index (κ3) is 4.18. The van der Waals surface area contributed by atoms with E-state index < -0.39 is 17.8 Å². The molecule has 128 valence electrons. The van der Waals surface area contributed by atoms with Crippen molar-refractivity contribution in [2.24, 2.45) is 0 Å². The van der Waals surface area contributed by atoms with E-state index in [-0.39, 0.29) is 29.4 Å². The van der Waals surface area contributed by atoms with Crippen LogP contribution in [0.15, 0.2) is 18.3 Å². The van der Waals surface area contributed by atoms with E-state index in [1.807, 2.05) is 0 Å². The van der Waals surface area contributed by atoms with Gasteiger partial charge in [-0.05, 0) is 26.0 Å². The first kappa shape index (κ1) is 17.6. The molecule has 2 aromatic heterocycles. The van der Waals surface area contributed by atoms with Crippen molar-refractivity contribution in [2.45, 2.75) is 26.6 Å². The average molecular weight is 340 g/mol. The van der Waals surface area contributed by atoms with Gasteiger partial charge in [0.2, 0.25) is 0 Å². The number of pyridine rings is 1. The third-order valence-electron chi connectivity index (χ3n) is 3.07. The van der Waals surface area contributed by atoms with Gasteiger partial charge in [-0.25, -0.2) is 9.97 Å². The second-order valence-electron chi connectivity index (χ2n) is 5.02. The minimum Gasteiger partial charge on any atom is -0.494 e. The molecule has 0 saturated heterocycles. The number of carbonyl (C=O) groups is 1. The van der Waals surface area contributed by atoms with E-state index in [1.165, 1.54) is 26.3 Å². The van der Waals surface area contributed by atoms with Crippen molar-refractivity contribution in [3.63, 3.8) is 0 Å². The molecule has 1 N–H and O–H groups in total. The highest BCUT2D eigenvalue weighted by Crippen LogP contribution is 2.27. The summed E-state index contributed by atoms with van der Waals surface area (Å²) in [5.41, 5.74) is -0.0451. The molecule has 0 fully saturated rings. The lowest BCUT2D eigenvalue weighted by Gasteiger charge is -2.11. The summed E-state index contributed by atoms with van der Waals surface area (Å²) in [5, 5.41) is 2.48. The number of halogens is 3. The number of hydrogen-bond donors (Lipinski definition) is 1. The number of methoxy groups -OCH3 is 1. The number of aryl methyl sites for hydroxylation is 2. The molecule has 0 aliphatic rings. The van der Waals surface area contributed by atoms with E-state index in [1.54, 1.807) is 6.92 Å². The minimum absolute atomic E-state index is 0.125. The van der Waals surface area contributed by atoms with E-state index in [0.717, 1.165) is 6.07 Å². The summed E-state index contributed by atoms with van der Waals surface area (Å²) >= 11 is 0. The summed E-state index contributed by atoms with van der Waals surface area (Å²) in [6, 6.07) is 2.37. The number of alkyl halides is 3. The molecule has 2 rings (SSSR count). The Morgan fingerprint density at radius 3 is 2.54 bits per heavy atom. The first-order valence-corrected chi connectivity index (χ1v) is 6.91. The van der Waals surface area contributed by atoms with Crippen LogP contribution in [0, 0.1) is 13.8 Å². The van der Waals surface area contributed by atoms with E-state index in [0.29, 0.717) is 5.69 Å². The Hall–Kier alpha value is -2.71. The SMILES string of the molecule is COc1cnc(C)cc1C(=O)NCc1nc(C)cc(C(F)(F)F)n1. The molecule has 0 aliphatic carbocycles. The van der Waals surface area contributed by atoms with Crippen LogP contribution in [0.25, 0.3) is 0 Å². The fourth-order valence-corrected chi connectivity index (χ4v) is 2.00. The van der Waals surface area contributed by atoms with E-state index in [4.69, 9.17) is 4.74 Å². The zero-order chi connectivity index (χ0) is 17.9. The Balaban J connectivity index is 2.18. The lowest BCUT2D eigenvalue weighted by molar-refractivity contribution is -0.141. The molecular weight excluding hydrogens is 325 g/mol. The van der Waals surface area contributed by atoms with Gasteiger partial charge < -0.3 is 10.1 Å². The zero-order valence-corrected chi connectivity index (χ0v) is 13.2. The van der Waals surface area contributed by atoms with Gasteiger partial charge in [0.25, 0.3) is 5.91 Å². The fourth-order valence-electron chi connectivity index (χ4n) is 2.00. The Kier molecular flexibility index (Phi) is 5.01. The molecule has 0 radical (unpaired) electrons. The molecular formula is C15H15F3N4O2. The largest absolute Gasteiger partial charge is 0.494 e. The Bertz CT molecular complexity index is 763. The summed E-state index contributed by atoms with van der Waals surface area (Å²) in [6.07, 6.45) is -3.17. The van der Waals surface area contributed by atoms with Gasteiger partial charge in [0.05, 0.1) is 25.4 Å². The Morgan fingerprint density at radius 1 is 1.21 bits per heavy atom. The number of nitrogens with zero attached hydrogens (tertiary/aromatic N) is 3. The van der Waals surface area contributed by atoms with Crippen molar-refractivity contribution in [2.75, 3.05) is 7.11 Å². The van der Waals surface area contributed by atoms with Crippen LogP contribution in [0.4, 0.5) is 13.2 Å². The quantitative estimate of drug-likeness (QED) is 0.925. The highest BCUT2D eigenvalue weighted by molar-refractivity contribution is 5.96. The van der Waals surface area contributed by atoms with Crippen molar-refractivity contribution in [1.29, 1.82) is 0 Å². The molecule has 0 atom stereocenters. The maximum atomic E-state index is 12.8. The van der Waals surface area contributed by atoms with Gasteiger partial charge >= 0.3 is 6.18 Å². The van der Waals surface area contributed by atoms with Crippen LogP contribution < -0.4 is 10.1 Å². The highest BCUT2D eigenvalue weighted by atomic mass is 19.4. The molecule has 0 aliphatic heterocycles. The second-order valence-corrected chi connectivity index (χ2v) is 5.02. The van der Waals surface area contributed by atoms with Crippen molar-refractivity contribution < 1.29 is 22.7 Å². The van der Waals surface area contributed by atoms with E-state index >= 15 is 0 Å². The van der Waals surface area contributed by atoms with Gasteiger partial charge in [-0.3, -0.25) is 9.78 Å². The number of carbonyl (C=O) groups excluding carboxylic acids is 1. The van der Waals surface area contributed by atoms with E-state index in [2.05, 4.69) is 20.3 Å². The lowest BCUT2D eigenvalue weighted by atomic mass is 10.2. The predicted octanol–water partition coefficient (Wildman–Crippen LogP) is 2.45. The van der Waals surface area contributed by atoms with Gasteiger partial charge in [-0.15, -0.1) is 0 Å². The van der Waals surface area contributed by atoms with Gasteiger partial charge in [0.15, 0.2) is 0 Å². The molecule has 0 aromatic carbocycles. The standard InChI is InChI=1S/C15H15F3N4O2/c1-8-4-10(11(24-3)6-19-8)14(23)20-7-13-21-9(2)5-12(22-13)15(16,17)18/h4-6H,7H2,1-3H3,(H,20,23). The molecule has 9 heteroatoms. The molecule has 1 amide bonds. The first-order valence-electron chi connectivity index (χ1n) is 6.91. The highest BCUT2D eigenvalue weighted by Gasteiger charge is 2.33. The number of hydrogen-bond acceptors (Lipinski definition) is 5. The number of aromatic nitrogens is 3. The average Bonchev–Trinajstić information content (AvgIpc) is 2.51. The summed E-state index contributed by atoms with van der Waals surface area (Å²) in [7, 11) is 1.39. The van der Waals surface area contributed by atoms with Crippen LogP contribution in [0.5, 0.6) is 5.75 Å². The number of amides is 1. The smallest absolute Gasteiger partial charge is 0.433 e. The topological polar surface area (TPSA) is 77.0 Å². The zero-order valence-electron chi connectivity index (χ0n) is 13.2. The monoisotopic (exact) mass is 340 g/mol. The first-order chi connectivity index (χ1) is 11.2. The van der Waals surface area contributed by atoms with Crippen LogP contribution in [0.2, 0.25) is 0 Å². The third-order valence-corrected chi connectivity index (χ3v) is 3.07. The van der Waals surface area contributed by atoms with E-state index in [9.17, 15) is 18.0 Å². The molecule has 0 saturated carbocycles. The van der Waals surface area contributed by atoms with Crippen LogP contribution >= 0.6 is 0 Å². The van der Waals surface area contributed by atoms with Gasteiger partial charge in [0.1, 0.15) is 17.3 Å². The number of ether oxygens (including phenoxy) is 1. The van der Waals surface area contributed by atoms with Crippen molar-refractivity contribution >= 4 is 5.91 Å². The molecule has 0 unspecified atom stereocenters. The molecule has 2 heterocycles. The van der Waals surface area contributed by atoms with Crippen molar-refractivity contribution in [1.82, 2.24) is 20.3 Å². The predicted molar refractivity (Wildman–Crippen MR) is 78.5 cm³/mol. The van der Waals surface area contributed by atoms with Crippen molar-refractivity contribution in [3.8, 4) is 5.75 Å². The lowest BCUT2D eigenvalue weighted by Crippen LogP contribution is -2.25. The fraction of sp³-hybridized carbons (Fsp3) is 0.333. The molecule has 2 aromatic rings. The van der Waals surface area contributed by atoms with Gasteiger partial charge in [-0.2, -0.15) is 13.2 Å². The summed E-state index contributed by atoms with van der Waals surface area (Å²) < 4.78 is 43.3. The van der Waals surface area contributed by atoms with Crippen molar-refractivity contribution in [3.05, 3.63) is 46.8 Å². The molecule has 0 bridgehead atoms. The van der Waals surface area contributed by atoms with Crippen LogP contribution in [-0.2, 0) is 12.7 Å².